The molecule has 2 nitrogen and oxygen atoms in total. The van der Waals surface area contributed by atoms with E-state index in [1.807, 2.05) is 13.8 Å². The van der Waals surface area contributed by atoms with Crippen molar-refractivity contribution in [3.8, 4) is 0 Å². The summed E-state index contributed by atoms with van der Waals surface area (Å²) in [5, 5.41) is 0. The Hall–Kier alpha value is -0.500. The molecule has 1 aliphatic heterocycles. The summed E-state index contributed by atoms with van der Waals surface area (Å²) in [6.45, 7) is 17.2. The maximum atomic E-state index is 4.11. The van der Waals surface area contributed by atoms with E-state index in [0.29, 0.717) is 5.92 Å². The van der Waals surface area contributed by atoms with E-state index in [-0.39, 0.29) is 0 Å². The number of piperazine rings is 1. The van der Waals surface area contributed by atoms with Crippen molar-refractivity contribution in [2.24, 2.45) is 5.92 Å². The second-order valence-electron chi connectivity index (χ2n) is 3.94. The van der Waals surface area contributed by atoms with E-state index in [1.54, 1.807) is 0 Å². The van der Waals surface area contributed by atoms with Crippen molar-refractivity contribution in [2.45, 2.75) is 27.7 Å². The molecule has 1 aliphatic rings. The SMILES string of the molecule is C=C(C(C)C)N1CCN(C)CC1.CC. The third kappa shape index (κ3) is 4.14. The summed E-state index contributed by atoms with van der Waals surface area (Å²) < 4.78 is 0. The third-order valence-electron chi connectivity index (χ3n) is 2.58. The van der Waals surface area contributed by atoms with Crippen LogP contribution >= 0.6 is 0 Å². The fourth-order valence-corrected chi connectivity index (χ4v) is 1.46. The molecule has 1 saturated heterocycles. The van der Waals surface area contributed by atoms with Crippen LogP contribution in [-0.4, -0.2) is 43.0 Å². The van der Waals surface area contributed by atoms with Crippen molar-refractivity contribution < 1.29 is 0 Å². The number of hydrogen-bond donors (Lipinski definition) is 0. The summed E-state index contributed by atoms with van der Waals surface area (Å²) in [4.78, 5) is 4.77. The molecule has 0 saturated carbocycles. The molecule has 0 amide bonds. The summed E-state index contributed by atoms with van der Waals surface area (Å²) in [5.74, 6) is 0.591. The molecular weight excluding hydrogens is 172 g/mol. The Balaban J connectivity index is 0.000000791. The van der Waals surface area contributed by atoms with Gasteiger partial charge in [0.15, 0.2) is 0 Å². The van der Waals surface area contributed by atoms with Crippen LogP contribution in [0.15, 0.2) is 12.3 Å². The second kappa shape index (κ2) is 6.88. The first-order valence-electron chi connectivity index (χ1n) is 5.73. The number of rotatable bonds is 2. The lowest BCUT2D eigenvalue weighted by molar-refractivity contribution is 0.176. The van der Waals surface area contributed by atoms with Crippen LogP contribution in [0.25, 0.3) is 0 Å². The molecule has 0 aromatic carbocycles. The van der Waals surface area contributed by atoms with E-state index in [1.165, 1.54) is 18.8 Å². The molecule has 0 aromatic rings. The number of nitrogens with zero attached hydrogens (tertiary/aromatic N) is 2. The van der Waals surface area contributed by atoms with Crippen LogP contribution in [-0.2, 0) is 0 Å². The molecule has 0 atom stereocenters. The molecule has 14 heavy (non-hydrogen) atoms. The largest absolute Gasteiger partial charge is 0.373 e. The quantitative estimate of drug-likeness (QED) is 0.672. The molecular formula is C12H26N2. The lowest BCUT2D eigenvalue weighted by atomic mass is 10.1. The molecule has 0 aliphatic carbocycles. The highest BCUT2D eigenvalue weighted by Crippen LogP contribution is 2.14. The highest BCUT2D eigenvalue weighted by atomic mass is 15.2. The highest BCUT2D eigenvalue weighted by molar-refractivity contribution is 4.98. The van der Waals surface area contributed by atoms with E-state index < -0.39 is 0 Å². The average molecular weight is 198 g/mol. The number of hydrogen-bond acceptors (Lipinski definition) is 2. The van der Waals surface area contributed by atoms with Crippen molar-refractivity contribution in [1.29, 1.82) is 0 Å². The van der Waals surface area contributed by atoms with E-state index >= 15 is 0 Å². The predicted octanol–water partition coefficient (Wildman–Crippen LogP) is 2.43. The molecule has 2 heteroatoms. The maximum absolute atomic E-state index is 4.11. The normalized spacial score (nSPS) is 17.7. The van der Waals surface area contributed by atoms with Gasteiger partial charge in [-0.2, -0.15) is 0 Å². The van der Waals surface area contributed by atoms with Gasteiger partial charge in [0.05, 0.1) is 0 Å². The van der Waals surface area contributed by atoms with Gasteiger partial charge in [-0.05, 0) is 13.0 Å². The minimum absolute atomic E-state index is 0.591. The van der Waals surface area contributed by atoms with Gasteiger partial charge in [-0.25, -0.2) is 0 Å². The standard InChI is InChI=1S/C10H20N2.C2H6/c1-9(2)10(3)12-7-5-11(4)6-8-12;1-2/h9H,3,5-8H2,1-2,4H3;1-2H3. The van der Waals surface area contributed by atoms with Crippen LogP contribution in [0.3, 0.4) is 0 Å². The van der Waals surface area contributed by atoms with Gasteiger partial charge in [0, 0.05) is 31.9 Å². The van der Waals surface area contributed by atoms with Crippen molar-refractivity contribution in [1.82, 2.24) is 9.80 Å². The van der Waals surface area contributed by atoms with Gasteiger partial charge < -0.3 is 9.80 Å². The molecule has 0 N–H and O–H groups in total. The van der Waals surface area contributed by atoms with E-state index in [9.17, 15) is 0 Å². The van der Waals surface area contributed by atoms with Gasteiger partial charge in [0.2, 0.25) is 0 Å². The minimum Gasteiger partial charge on any atom is -0.373 e. The van der Waals surface area contributed by atoms with E-state index in [2.05, 4.69) is 37.3 Å². The highest BCUT2D eigenvalue weighted by Gasteiger charge is 2.16. The van der Waals surface area contributed by atoms with Gasteiger partial charge in [-0.15, -0.1) is 0 Å². The van der Waals surface area contributed by atoms with Gasteiger partial charge in [0.1, 0.15) is 0 Å². The van der Waals surface area contributed by atoms with Crippen molar-refractivity contribution >= 4 is 0 Å². The monoisotopic (exact) mass is 198 g/mol. The zero-order valence-corrected chi connectivity index (χ0v) is 10.5. The van der Waals surface area contributed by atoms with Crippen molar-refractivity contribution in [2.75, 3.05) is 33.2 Å². The van der Waals surface area contributed by atoms with Crippen LogP contribution < -0.4 is 0 Å². The maximum Gasteiger partial charge on any atom is 0.0303 e. The lowest BCUT2D eigenvalue weighted by Crippen LogP contribution is -2.44. The predicted molar refractivity (Wildman–Crippen MR) is 64.4 cm³/mol. The van der Waals surface area contributed by atoms with E-state index in [0.717, 1.165) is 13.1 Å². The Bertz CT molecular complexity index is 156. The summed E-state index contributed by atoms with van der Waals surface area (Å²) in [6.07, 6.45) is 0. The lowest BCUT2D eigenvalue weighted by Gasteiger charge is -2.36. The fourth-order valence-electron chi connectivity index (χ4n) is 1.46. The topological polar surface area (TPSA) is 6.48 Å². The van der Waals surface area contributed by atoms with Crippen LogP contribution in [0.5, 0.6) is 0 Å². The fraction of sp³-hybridized carbons (Fsp3) is 0.833. The van der Waals surface area contributed by atoms with Crippen molar-refractivity contribution in [3.63, 3.8) is 0 Å². The van der Waals surface area contributed by atoms with Crippen LogP contribution in [0.4, 0.5) is 0 Å². The first kappa shape index (κ1) is 13.5. The molecule has 1 fully saturated rings. The van der Waals surface area contributed by atoms with Gasteiger partial charge in [-0.1, -0.05) is 34.3 Å². The minimum atomic E-state index is 0.591. The summed E-state index contributed by atoms with van der Waals surface area (Å²) in [5.41, 5.74) is 1.29. The molecule has 0 radical (unpaired) electrons. The molecule has 1 heterocycles. The molecule has 0 unspecified atom stereocenters. The van der Waals surface area contributed by atoms with E-state index in [4.69, 9.17) is 0 Å². The second-order valence-corrected chi connectivity index (χ2v) is 3.94. The number of allylic oxidation sites excluding steroid dienone is 1. The molecule has 84 valence electrons. The van der Waals surface area contributed by atoms with Crippen molar-refractivity contribution in [3.05, 3.63) is 12.3 Å². The molecule has 0 spiro atoms. The Labute approximate surface area is 89.6 Å². The third-order valence-corrected chi connectivity index (χ3v) is 2.58. The first-order valence-corrected chi connectivity index (χ1v) is 5.73. The van der Waals surface area contributed by atoms with Crippen LogP contribution in [0.2, 0.25) is 0 Å². The van der Waals surface area contributed by atoms with Crippen LogP contribution in [0, 0.1) is 5.92 Å². The summed E-state index contributed by atoms with van der Waals surface area (Å²) >= 11 is 0. The zero-order valence-electron chi connectivity index (χ0n) is 10.5. The first-order chi connectivity index (χ1) is 6.61. The average Bonchev–Trinajstić information content (AvgIpc) is 2.21. The zero-order chi connectivity index (χ0) is 11.1. The Kier molecular flexibility index (Phi) is 6.64. The van der Waals surface area contributed by atoms with Gasteiger partial charge in [-0.3, -0.25) is 0 Å². The number of likely N-dealkylation sites (N-methyl/N-ethyl adjacent to an activating group) is 1. The van der Waals surface area contributed by atoms with Gasteiger partial charge in [0.25, 0.3) is 0 Å². The molecule has 0 bridgehead atoms. The smallest absolute Gasteiger partial charge is 0.0303 e. The Morgan fingerprint density at radius 1 is 1.07 bits per heavy atom. The molecule has 0 aromatic heterocycles. The molecule has 1 rings (SSSR count). The summed E-state index contributed by atoms with van der Waals surface area (Å²) in [7, 11) is 2.18. The van der Waals surface area contributed by atoms with Crippen LogP contribution in [0.1, 0.15) is 27.7 Å². The Morgan fingerprint density at radius 2 is 1.50 bits per heavy atom. The summed E-state index contributed by atoms with van der Waals surface area (Å²) in [6, 6.07) is 0. The Morgan fingerprint density at radius 3 is 1.86 bits per heavy atom. The van der Waals surface area contributed by atoms with Gasteiger partial charge >= 0.3 is 0 Å².